The van der Waals surface area contributed by atoms with Crippen molar-refractivity contribution >= 4 is 28.7 Å². The molecule has 0 radical (unpaired) electrons. The first-order chi connectivity index (χ1) is 11.1. The molecule has 0 unspecified atom stereocenters. The van der Waals surface area contributed by atoms with Crippen molar-refractivity contribution in [2.45, 2.75) is 20.8 Å². The summed E-state index contributed by atoms with van der Waals surface area (Å²) in [5.74, 6) is 0. The fourth-order valence-electron chi connectivity index (χ4n) is 2.50. The van der Waals surface area contributed by atoms with Crippen molar-refractivity contribution in [3.8, 4) is 0 Å². The normalized spacial score (nSPS) is 10.2. The Morgan fingerprint density at radius 3 is 2.39 bits per heavy atom. The molecule has 2 rings (SSSR count). The van der Waals surface area contributed by atoms with Crippen LogP contribution >= 0.6 is 12.2 Å². The molecule has 0 fully saturated rings. The minimum Gasteiger partial charge on any atom is -0.370 e. The predicted octanol–water partition coefficient (Wildman–Crippen LogP) is 4.12. The summed E-state index contributed by atoms with van der Waals surface area (Å²) in [5, 5.41) is 7.17. The van der Waals surface area contributed by atoms with Gasteiger partial charge in [0, 0.05) is 31.0 Å². The Labute approximate surface area is 144 Å². The molecule has 0 bridgehead atoms. The summed E-state index contributed by atoms with van der Waals surface area (Å²) in [5.41, 5.74) is 4.78. The van der Waals surface area contributed by atoms with Gasteiger partial charge in [0.1, 0.15) is 0 Å². The molecule has 0 spiro atoms. The Morgan fingerprint density at radius 1 is 1.04 bits per heavy atom. The Kier molecular flexibility index (Phi) is 6.41. The highest BCUT2D eigenvalue weighted by atomic mass is 32.1. The van der Waals surface area contributed by atoms with E-state index in [0.717, 1.165) is 25.3 Å². The Balaban J connectivity index is 1.82. The summed E-state index contributed by atoms with van der Waals surface area (Å²) in [7, 11) is 0. The number of nitrogens with one attached hydrogen (secondary N) is 2. The van der Waals surface area contributed by atoms with E-state index < -0.39 is 0 Å². The van der Waals surface area contributed by atoms with Gasteiger partial charge in [-0.25, -0.2) is 0 Å². The SMILES string of the molecule is CCN(CCNC(=S)Nc1cccc(C)c1)c1cccc(C)c1. The third-order valence-electron chi connectivity index (χ3n) is 3.69. The maximum absolute atomic E-state index is 5.36. The fourth-order valence-corrected chi connectivity index (χ4v) is 2.72. The van der Waals surface area contributed by atoms with E-state index in [0.29, 0.717) is 5.11 Å². The summed E-state index contributed by atoms with van der Waals surface area (Å²) >= 11 is 5.36. The maximum Gasteiger partial charge on any atom is 0.170 e. The highest BCUT2D eigenvalue weighted by Gasteiger charge is 2.04. The van der Waals surface area contributed by atoms with Crippen molar-refractivity contribution in [2.75, 3.05) is 29.9 Å². The summed E-state index contributed by atoms with van der Waals surface area (Å²) in [4.78, 5) is 2.34. The van der Waals surface area contributed by atoms with Gasteiger partial charge in [-0.2, -0.15) is 0 Å². The molecule has 0 aliphatic heterocycles. The number of hydrogen-bond donors (Lipinski definition) is 2. The lowest BCUT2D eigenvalue weighted by Gasteiger charge is -2.24. The van der Waals surface area contributed by atoms with Gasteiger partial charge in [-0.05, 0) is 68.4 Å². The molecule has 0 aliphatic carbocycles. The third kappa shape index (κ3) is 5.57. The Morgan fingerprint density at radius 2 is 1.74 bits per heavy atom. The first-order valence-electron chi connectivity index (χ1n) is 8.01. The van der Waals surface area contributed by atoms with Crippen LogP contribution in [0.1, 0.15) is 18.1 Å². The van der Waals surface area contributed by atoms with Crippen LogP contribution in [0.2, 0.25) is 0 Å². The van der Waals surface area contributed by atoms with Crippen molar-refractivity contribution in [1.82, 2.24) is 5.32 Å². The Hall–Kier alpha value is -2.07. The smallest absolute Gasteiger partial charge is 0.170 e. The highest BCUT2D eigenvalue weighted by Crippen LogP contribution is 2.15. The van der Waals surface area contributed by atoms with Gasteiger partial charge in [0.15, 0.2) is 5.11 Å². The maximum atomic E-state index is 5.36. The molecule has 122 valence electrons. The molecule has 2 aromatic carbocycles. The van der Waals surface area contributed by atoms with Crippen molar-refractivity contribution < 1.29 is 0 Å². The average molecular weight is 327 g/mol. The molecule has 3 nitrogen and oxygen atoms in total. The first kappa shape index (κ1) is 17.3. The van der Waals surface area contributed by atoms with E-state index in [-0.39, 0.29) is 0 Å². The number of thiocarbonyl (C=S) groups is 1. The first-order valence-corrected chi connectivity index (χ1v) is 8.42. The molecule has 0 heterocycles. The molecule has 0 amide bonds. The van der Waals surface area contributed by atoms with Crippen LogP contribution in [0.4, 0.5) is 11.4 Å². The second-order valence-electron chi connectivity index (χ2n) is 5.67. The van der Waals surface area contributed by atoms with Crippen LogP contribution in [0.5, 0.6) is 0 Å². The molecular weight excluding hydrogens is 302 g/mol. The van der Waals surface area contributed by atoms with Crippen molar-refractivity contribution in [3.05, 3.63) is 59.7 Å². The van der Waals surface area contributed by atoms with Crippen LogP contribution in [-0.2, 0) is 0 Å². The van der Waals surface area contributed by atoms with E-state index >= 15 is 0 Å². The molecule has 0 saturated carbocycles. The minimum atomic E-state index is 0.663. The zero-order valence-electron chi connectivity index (χ0n) is 14.1. The molecule has 4 heteroatoms. The van der Waals surface area contributed by atoms with Crippen LogP contribution < -0.4 is 15.5 Å². The Bertz CT molecular complexity index is 655. The summed E-state index contributed by atoms with van der Waals surface area (Å²) in [6.45, 7) is 9.06. The van der Waals surface area contributed by atoms with E-state index in [4.69, 9.17) is 12.2 Å². The standard InChI is InChI=1S/C19H25N3S/c1-4-22(18-10-6-8-16(3)14-18)12-11-20-19(23)21-17-9-5-7-15(2)13-17/h5-10,13-14H,4,11-12H2,1-3H3,(H2,20,21,23). The zero-order chi connectivity index (χ0) is 16.7. The molecule has 2 N–H and O–H groups in total. The number of aryl methyl sites for hydroxylation is 2. The third-order valence-corrected chi connectivity index (χ3v) is 3.94. The van der Waals surface area contributed by atoms with Gasteiger partial charge in [0.25, 0.3) is 0 Å². The van der Waals surface area contributed by atoms with Crippen LogP contribution in [0.25, 0.3) is 0 Å². The molecule has 0 aliphatic rings. The minimum absolute atomic E-state index is 0.663. The monoisotopic (exact) mass is 327 g/mol. The summed E-state index contributed by atoms with van der Waals surface area (Å²) in [6, 6.07) is 16.8. The van der Waals surface area contributed by atoms with Gasteiger partial charge in [0.05, 0.1) is 0 Å². The fraction of sp³-hybridized carbons (Fsp3) is 0.316. The summed E-state index contributed by atoms with van der Waals surface area (Å²) < 4.78 is 0. The number of benzene rings is 2. The van der Waals surface area contributed by atoms with Gasteiger partial charge in [0.2, 0.25) is 0 Å². The molecule has 23 heavy (non-hydrogen) atoms. The van der Waals surface area contributed by atoms with E-state index in [2.05, 4.69) is 72.7 Å². The second kappa shape index (κ2) is 8.53. The van der Waals surface area contributed by atoms with Crippen LogP contribution in [-0.4, -0.2) is 24.7 Å². The lowest BCUT2D eigenvalue weighted by molar-refractivity contribution is 0.779. The number of hydrogen-bond acceptors (Lipinski definition) is 2. The highest BCUT2D eigenvalue weighted by molar-refractivity contribution is 7.80. The zero-order valence-corrected chi connectivity index (χ0v) is 14.9. The van der Waals surface area contributed by atoms with Gasteiger partial charge < -0.3 is 15.5 Å². The average Bonchev–Trinajstić information content (AvgIpc) is 2.51. The van der Waals surface area contributed by atoms with Gasteiger partial charge >= 0.3 is 0 Å². The predicted molar refractivity (Wildman–Crippen MR) is 104 cm³/mol. The number of likely N-dealkylation sites (N-methyl/N-ethyl adjacent to an activating group) is 1. The van der Waals surface area contributed by atoms with Gasteiger partial charge in [-0.15, -0.1) is 0 Å². The number of nitrogens with zero attached hydrogens (tertiary/aromatic N) is 1. The summed E-state index contributed by atoms with van der Waals surface area (Å²) in [6.07, 6.45) is 0. The molecular formula is C19H25N3S. The van der Waals surface area contributed by atoms with Crippen molar-refractivity contribution in [1.29, 1.82) is 0 Å². The van der Waals surface area contributed by atoms with E-state index in [9.17, 15) is 0 Å². The lowest BCUT2D eigenvalue weighted by Crippen LogP contribution is -2.36. The van der Waals surface area contributed by atoms with Crippen molar-refractivity contribution in [3.63, 3.8) is 0 Å². The molecule has 2 aromatic rings. The number of rotatable bonds is 6. The van der Waals surface area contributed by atoms with E-state index in [1.54, 1.807) is 0 Å². The van der Waals surface area contributed by atoms with E-state index in [1.807, 2.05) is 12.1 Å². The number of anilines is 2. The quantitative estimate of drug-likeness (QED) is 0.781. The molecule has 0 aromatic heterocycles. The van der Waals surface area contributed by atoms with Crippen LogP contribution in [0, 0.1) is 13.8 Å². The topological polar surface area (TPSA) is 27.3 Å². The largest absolute Gasteiger partial charge is 0.370 e. The molecule has 0 saturated heterocycles. The van der Waals surface area contributed by atoms with Crippen LogP contribution in [0.3, 0.4) is 0 Å². The lowest BCUT2D eigenvalue weighted by atomic mass is 10.2. The van der Waals surface area contributed by atoms with Crippen LogP contribution in [0.15, 0.2) is 48.5 Å². The van der Waals surface area contributed by atoms with E-state index in [1.165, 1.54) is 16.8 Å². The van der Waals surface area contributed by atoms with Crippen molar-refractivity contribution in [2.24, 2.45) is 0 Å². The van der Waals surface area contributed by atoms with Gasteiger partial charge in [-0.3, -0.25) is 0 Å². The second-order valence-corrected chi connectivity index (χ2v) is 6.08. The molecule has 0 atom stereocenters. The van der Waals surface area contributed by atoms with Gasteiger partial charge in [-0.1, -0.05) is 24.3 Å².